The van der Waals surface area contributed by atoms with Crippen LogP contribution >= 0.6 is 0 Å². The third-order valence-electron chi connectivity index (χ3n) is 2.16. The topological polar surface area (TPSA) is 32.3 Å². The van der Waals surface area contributed by atoms with Gasteiger partial charge in [0.25, 0.3) is 0 Å². The first kappa shape index (κ1) is 8.94. The minimum absolute atomic E-state index is 0.0304. The summed E-state index contributed by atoms with van der Waals surface area (Å²) in [5.74, 6) is 0. The second-order valence-electron chi connectivity index (χ2n) is 3.89. The summed E-state index contributed by atoms with van der Waals surface area (Å²) in [5.41, 5.74) is -0.338. The van der Waals surface area contributed by atoms with Crippen molar-refractivity contribution in [2.24, 2.45) is 0 Å². The van der Waals surface area contributed by atoms with Gasteiger partial charge >= 0.3 is 0 Å². The van der Waals surface area contributed by atoms with Crippen LogP contribution in [0.2, 0.25) is 0 Å². The Bertz CT molecular complexity index is 138. The quantitative estimate of drug-likeness (QED) is 0.643. The summed E-state index contributed by atoms with van der Waals surface area (Å²) in [6.45, 7) is 3.80. The first-order chi connectivity index (χ1) is 5.05. The summed E-state index contributed by atoms with van der Waals surface area (Å²) >= 11 is 0. The number of nitrogens with one attached hydrogen (secondary N) is 1. The van der Waals surface area contributed by atoms with Gasteiger partial charge < -0.3 is 10.4 Å². The first-order valence-corrected chi connectivity index (χ1v) is 4.08. The highest BCUT2D eigenvalue weighted by molar-refractivity contribution is 4.92. The molecule has 0 heterocycles. The Morgan fingerprint density at radius 1 is 1.55 bits per heavy atom. The number of aliphatic hydroxyl groups excluding tert-OH is 1. The lowest BCUT2D eigenvalue weighted by atomic mass is 9.88. The standard InChI is InChI=1S/C8H16FNO/c1-8(2,5-11)10-7-4-3-6(7)9/h6-7,10-11H,3-5H2,1-2H3. The van der Waals surface area contributed by atoms with Crippen LogP contribution in [0, 0.1) is 0 Å². The Kier molecular flexibility index (Phi) is 2.50. The number of halogens is 1. The third-order valence-corrected chi connectivity index (χ3v) is 2.16. The fourth-order valence-electron chi connectivity index (χ4n) is 1.17. The Labute approximate surface area is 66.8 Å². The molecule has 1 saturated carbocycles. The van der Waals surface area contributed by atoms with Crippen molar-refractivity contribution in [3.63, 3.8) is 0 Å². The molecule has 0 aromatic rings. The summed E-state index contributed by atoms with van der Waals surface area (Å²) in [5, 5.41) is 11.9. The molecule has 2 atom stereocenters. The highest BCUT2D eigenvalue weighted by atomic mass is 19.1. The summed E-state index contributed by atoms with van der Waals surface area (Å²) in [6, 6.07) is -0.0304. The van der Waals surface area contributed by atoms with Gasteiger partial charge in [0.2, 0.25) is 0 Å². The summed E-state index contributed by atoms with van der Waals surface area (Å²) in [6.07, 6.45) is 0.852. The van der Waals surface area contributed by atoms with Crippen molar-refractivity contribution in [3.05, 3.63) is 0 Å². The van der Waals surface area contributed by atoms with Crippen molar-refractivity contribution in [2.45, 2.75) is 44.4 Å². The Balaban J connectivity index is 2.29. The third kappa shape index (κ3) is 2.14. The highest BCUT2D eigenvalue weighted by Gasteiger charge is 2.34. The average Bonchev–Trinajstić information content (AvgIpc) is 1.98. The van der Waals surface area contributed by atoms with Crippen LogP contribution in [0.25, 0.3) is 0 Å². The van der Waals surface area contributed by atoms with E-state index in [1.54, 1.807) is 0 Å². The van der Waals surface area contributed by atoms with E-state index >= 15 is 0 Å². The van der Waals surface area contributed by atoms with Gasteiger partial charge in [0.05, 0.1) is 6.61 Å². The van der Waals surface area contributed by atoms with Gasteiger partial charge in [0.1, 0.15) is 6.17 Å². The predicted molar refractivity (Wildman–Crippen MR) is 42.2 cm³/mol. The van der Waals surface area contributed by atoms with E-state index in [-0.39, 0.29) is 18.2 Å². The molecule has 66 valence electrons. The Morgan fingerprint density at radius 3 is 2.45 bits per heavy atom. The van der Waals surface area contributed by atoms with E-state index in [1.807, 2.05) is 13.8 Å². The molecule has 0 bridgehead atoms. The van der Waals surface area contributed by atoms with E-state index in [1.165, 1.54) is 0 Å². The molecule has 1 aliphatic rings. The number of alkyl halides is 1. The van der Waals surface area contributed by atoms with E-state index in [0.717, 1.165) is 6.42 Å². The normalized spacial score (nSPS) is 31.6. The monoisotopic (exact) mass is 161 g/mol. The molecule has 1 fully saturated rings. The lowest BCUT2D eigenvalue weighted by Gasteiger charge is -2.37. The molecular formula is C8H16FNO. The first-order valence-electron chi connectivity index (χ1n) is 4.08. The van der Waals surface area contributed by atoms with E-state index in [2.05, 4.69) is 5.32 Å². The smallest absolute Gasteiger partial charge is 0.115 e. The molecule has 0 spiro atoms. The molecule has 1 rings (SSSR count). The van der Waals surface area contributed by atoms with Crippen molar-refractivity contribution < 1.29 is 9.50 Å². The van der Waals surface area contributed by atoms with E-state index in [4.69, 9.17) is 5.11 Å². The minimum atomic E-state index is -0.708. The van der Waals surface area contributed by atoms with E-state index < -0.39 is 6.17 Å². The van der Waals surface area contributed by atoms with Gasteiger partial charge in [0.15, 0.2) is 0 Å². The number of hydrogen-bond acceptors (Lipinski definition) is 2. The van der Waals surface area contributed by atoms with Crippen molar-refractivity contribution in [1.82, 2.24) is 5.32 Å². The maximum absolute atomic E-state index is 12.7. The molecule has 3 heteroatoms. The van der Waals surface area contributed by atoms with Gasteiger partial charge in [-0.3, -0.25) is 0 Å². The summed E-state index contributed by atoms with van der Waals surface area (Å²) in [4.78, 5) is 0. The zero-order valence-corrected chi connectivity index (χ0v) is 7.10. The zero-order valence-electron chi connectivity index (χ0n) is 7.10. The fourth-order valence-corrected chi connectivity index (χ4v) is 1.17. The Hall–Kier alpha value is -0.150. The maximum atomic E-state index is 12.7. The molecule has 1 aliphatic carbocycles. The van der Waals surface area contributed by atoms with Gasteiger partial charge in [-0.25, -0.2) is 4.39 Å². The average molecular weight is 161 g/mol. The number of aliphatic hydroxyl groups is 1. The van der Waals surface area contributed by atoms with E-state index in [9.17, 15) is 4.39 Å². The lowest BCUT2D eigenvalue weighted by Crippen LogP contribution is -2.56. The van der Waals surface area contributed by atoms with Crippen molar-refractivity contribution >= 4 is 0 Å². The summed E-state index contributed by atoms with van der Waals surface area (Å²) in [7, 11) is 0. The van der Waals surface area contributed by atoms with Gasteiger partial charge in [-0.05, 0) is 26.7 Å². The molecule has 0 aliphatic heterocycles. The van der Waals surface area contributed by atoms with Crippen LogP contribution < -0.4 is 5.32 Å². The van der Waals surface area contributed by atoms with Crippen LogP contribution in [0.5, 0.6) is 0 Å². The SMILES string of the molecule is CC(C)(CO)NC1CCC1F. The van der Waals surface area contributed by atoms with Crippen LogP contribution in [0.1, 0.15) is 26.7 Å². The van der Waals surface area contributed by atoms with Gasteiger partial charge in [-0.15, -0.1) is 0 Å². The molecule has 2 N–H and O–H groups in total. The molecule has 2 unspecified atom stereocenters. The molecule has 2 nitrogen and oxygen atoms in total. The zero-order chi connectivity index (χ0) is 8.48. The largest absolute Gasteiger partial charge is 0.394 e. The second-order valence-corrected chi connectivity index (χ2v) is 3.89. The van der Waals surface area contributed by atoms with Crippen molar-refractivity contribution in [3.8, 4) is 0 Å². The second kappa shape index (κ2) is 3.07. The van der Waals surface area contributed by atoms with Crippen LogP contribution in [0.4, 0.5) is 4.39 Å². The molecule has 0 aromatic heterocycles. The molecule has 0 saturated heterocycles. The van der Waals surface area contributed by atoms with Gasteiger partial charge in [-0.2, -0.15) is 0 Å². The maximum Gasteiger partial charge on any atom is 0.115 e. The molecule has 0 radical (unpaired) electrons. The molecule has 11 heavy (non-hydrogen) atoms. The fraction of sp³-hybridized carbons (Fsp3) is 1.00. The van der Waals surface area contributed by atoms with Gasteiger partial charge in [0, 0.05) is 11.6 Å². The molecule has 0 aromatic carbocycles. The van der Waals surface area contributed by atoms with Crippen molar-refractivity contribution in [1.29, 1.82) is 0 Å². The van der Waals surface area contributed by atoms with Crippen LogP contribution in [0.3, 0.4) is 0 Å². The lowest BCUT2D eigenvalue weighted by molar-refractivity contribution is 0.0901. The van der Waals surface area contributed by atoms with Crippen LogP contribution in [-0.2, 0) is 0 Å². The number of rotatable bonds is 3. The van der Waals surface area contributed by atoms with Crippen LogP contribution in [-0.4, -0.2) is 29.5 Å². The summed E-state index contributed by atoms with van der Waals surface area (Å²) < 4.78 is 12.7. The van der Waals surface area contributed by atoms with E-state index in [0.29, 0.717) is 6.42 Å². The predicted octanol–water partition coefficient (Wildman–Crippen LogP) is 0.847. The van der Waals surface area contributed by atoms with Gasteiger partial charge in [-0.1, -0.05) is 0 Å². The van der Waals surface area contributed by atoms with Crippen molar-refractivity contribution in [2.75, 3.05) is 6.61 Å². The number of hydrogen-bond donors (Lipinski definition) is 2. The molecule has 0 amide bonds. The van der Waals surface area contributed by atoms with Crippen LogP contribution in [0.15, 0.2) is 0 Å². The minimum Gasteiger partial charge on any atom is -0.394 e. The molecular weight excluding hydrogens is 145 g/mol. The Morgan fingerprint density at radius 2 is 2.18 bits per heavy atom. The highest BCUT2D eigenvalue weighted by Crippen LogP contribution is 2.24.